The van der Waals surface area contributed by atoms with Crippen molar-refractivity contribution >= 4 is 11.9 Å². The lowest BCUT2D eigenvalue weighted by Crippen LogP contribution is -2.40. The first kappa shape index (κ1) is 13.7. The highest BCUT2D eigenvalue weighted by Gasteiger charge is 2.43. The average molecular weight is 289 g/mol. The Labute approximate surface area is 123 Å². The second-order valence-electron chi connectivity index (χ2n) is 5.86. The van der Waals surface area contributed by atoms with Crippen LogP contribution in [0.1, 0.15) is 26.3 Å². The molecule has 112 valence electrons. The maximum absolute atomic E-state index is 12.3. The maximum atomic E-state index is 12.3. The lowest BCUT2D eigenvalue weighted by Gasteiger charge is -2.21. The number of amides is 1. The zero-order valence-corrected chi connectivity index (χ0v) is 12.4. The minimum atomic E-state index is -0.850. The molecule has 2 aliphatic rings. The van der Waals surface area contributed by atoms with Crippen LogP contribution in [0.15, 0.2) is 23.2 Å². The number of nitrogens with zero attached hydrogens (tertiary/aromatic N) is 1. The number of aliphatic imine (C=N–C) groups is 1. The maximum Gasteiger partial charge on any atom is 0.256 e. The molecule has 1 aromatic carbocycles. The third-order valence-corrected chi connectivity index (χ3v) is 3.62. The Kier molecular flexibility index (Phi) is 3.23. The second-order valence-corrected chi connectivity index (χ2v) is 5.86. The molecule has 2 N–H and O–H groups in total. The molecule has 1 aromatic rings. The van der Waals surface area contributed by atoms with E-state index in [1.165, 1.54) is 0 Å². The molecule has 0 radical (unpaired) electrons. The van der Waals surface area contributed by atoms with Crippen LogP contribution in [-0.4, -0.2) is 25.2 Å². The number of nitrogens with one attached hydrogen (secondary N) is 2. The quantitative estimate of drug-likeness (QED) is 0.881. The van der Waals surface area contributed by atoms with E-state index in [0.717, 1.165) is 5.56 Å². The van der Waals surface area contributed by atoms with Crippen LogP contribution >= 0.6 is 0 Å². The molecule has 1 atom stereocenters. The third kappa shape index (κ3) is 2.41. The van der Waals surface area contributed by atoms with Crippen LogP contribution in [0.25, 0.3) is 0 Å². The fourth-order valence-electron chi connectivity index (χ4n) is 2.32. The van der Waals surface area contributed by atoms with Crippen molar-refractivity contribution in [3.63, 3.8) is 0 Å². The normalized spacial score (nSPS) is 25.3. The zero-order chi connectivity index (χ0) is 15.0. The van der Waals surface area contributed by atoms with E-state index in [-0.39, 0.29) is 12.7 Å². The molecule has 3 rings (SSSR count). The van der Waals surface area contributed by atoms with Gasteiger partial charge in [0.25, 0.3) is 5.91 Å². The van der Waals surface area contributed by atoms with E-state index in [0.29, 0.717) is 29.9 Å². The first-order chi connectivity index (χ1) is 9.99. The highest BCUT2D eigenvalue weighted by atomic mass is 16.7. The highest BCUT2D eigenvalue weighted by Crippen LogP contribution is 2.36. The number of fused-ring (bicyclic) bond motifs is 1. The van der Waals surface area contributed by atoms with Gasteiger partial charge in [0, 0.05) is 6.54 Å². The summed E-state index contributed by atoms with van der Waals surface area (Å²) in [6, 6.07) is 5.52. The Hall–Kier alpha value is -2.24. The van der Waals surface area contributed by atoms with Gasteiger partial charge in [-0.1, -0.05) is 19.9 Å². The largest absolute Gasteiger partial charge is 0.454 e. The first-order valence-corrected chi connectivity index (χ1v) is 7.03. The molecule has 0 aromatic heterocycles. The molecule has 2 aliphatic heterocycles. The predicted octanol–water partition coefficient (Wildman–Crippen LogP) is 1.36. The van der Waals surface area contributed by atoms with Gasteiger partial charge < -0.3 is 14.8 Å². The van der Waals surface area contributed by atoms with Gasteiger partial charge in [0.2, 0.25) is 6.79 Å². The first-order valence-electron chi connectivity index (χ1n) is 7.03. The average Bonchev–Trinajstić information content (AvgIpc) is 3.01. The van der Waals surface area contributed by atoms with Gasteiger partial charge in [0.15, 0.2) is 17.5 Å². The number of ether oxygens (including phenoxy) is 2. The van der Waals surface area contributed by atoms with Crippen molar-refractivity contribution in [1.29, 1.82) is 0 Å². The molecule has 1 unspecified atom stereocenters. The number of benzene rings is 1. The van der Waals surface area contributed by atoms with Gasteiger partial charge in [-0.15, -0.1) is 0 Å². The standard InChI is InChI=1S/C15H19N3O3/c1-9(2)7-16-14-17-13(19)15(3,18-14)10-4-5-11-12(6-10)21-8-20-11/h4-6,9H,7-8H2,1-3H3,(H2,16,17,18,19). The molecule has 0 bridgehead atoms. The summed E-state index contributed by atoms with van der Waals surface area (Å²) in [5.41, 5.74) is -0.0319. The summed E-state index contributed by atoms with van der Waals surface area (Å²) in [5, 5.41) is 5.97. The van der Waals surface area contributed by atoms with Crippen molar-refractivity contribution in [3.05, 3.63) is 23.8 Å². The minimum absolute atomic E-state index is 0.121. The summed E-state index contributed by atoms with van der Waals surface area (Å²) < 4.78 is 10.7. The molecule has 6 nitrogen and oxygen atoms in total. The highest BCUT2D eigenvalue weighted by molar-refractivity contribution is 6.09. The van der Waals surface area contributed by atoms with E-state index >= 15 is 0 Å². The molecular weight excluding hydrogens is 270 g/mol. The monoisotopic (exact) mass is 289 g/mol. The van der Waals surface area contributed by atoms with Gasteiger partial charge in [0.1, 0.15) is 5.54 Å². The SMILES string of the molecule is CC(C)CN=C1NC(=O)C(C)(c2ccc3c(c2)OCO3)N1. The van der Waals surface area contributed by atoms with E-state index in [4.69, 9.17) is 9.47 Å². The van der Waals surface area contributed by atoms with E-state index < -0.39 is 5.54 Å². The Morgan fingerprint density at radius 2 is 2.10 bits per heavy atom. The summed E-state index contributed by atoms with van der Waals surface area (Å²) in [7, 11) is 0. The van der Waals surface area contributed by atoms with Crippen molar-refractivity contribution in [2.45, 2.75) is 26.3 Å². The number of rotatable bonds is 3. The smallest absolute Gasteiger partial charge is 0.256 e. The molecule has 0 spiro atoms. The van der Waals surface area contributed by atoms with Gasteiger partial charge in [-0.2, -0.15) is 0 Å². The topological polar surface area (TPSA) is 72.0 Å². The number of guanidine groups is 1. The molecule has 1 amide bonds. The van der Waals surface area contributed by atoms with Crippen LogP contribution in [0.5, 0.6) is 11.5 Å². The van der Waals surface area contributed by atoms with Crippen molar-refractivity contribution < 1.29 is 14.3 Å². The van der Waals surface area contributed by atoms with E-state index in [1.807, 2.05) is 25.1 Å². The van der Waals surface area contributed by atoms with E-state index in [2.05, 4.69) is 29.5 Å². The van der Waals surface area contributed by atoms with E-state index in [1.54, 1.807) is 0 Å². The van der Waals surface area contributed by atoms with Gasteiger partial charge in [0.05, 0.1) is 0 Å². The van der Waals surface area contributed by atoms with Crippen molar-refractivity contribution in [2.75, 3.05) is 13.3 Å². The molecule has 6 heteroatoms. The molecule has 1 fully saturated rings. The molecular formula is C15H19N3O3. The molecule has 21 heavy (non-hydrogen) atoms. The van der Waals surface area contributed by atoms with Gasteiger partial charge in [-0.25, -0.2) is 0 Å². The summed E-state index contributed by atoms with van der Waals surface area (Å²) in [4.78, 5) is 16.7. The van der Waals surface area contributed by atoms with Crippen molar-refractivity contribution in [3.8, 4) is 11.5 Å². The molecule has 0 saturated carbocycles. The van der Waals surface area contributed by atoms with Gasteiger partial charge in [-0.05, 0) is 30.5 Å². The number of hydrogen-bond donors (Lipinski definition) is 2. The molecule has 1 saturated heterocycles. The Morgan fingerprint density at radius 3 is 2.86 bits per heavy atom. The third-order valence-electron chi connectivity index (χ3n) is 3.62. The van der Waals surface area contributed by atoms with Gasteiger partial charge >= 0.3 is 0 Å². The Morgan fingerprint density at radius 1 is 1.33 bits per heavy atom. The zero-order valence-electron chi connectivity index (χ0n) is 12.4. The van der Waals surface area contributed by atoms with Gasteiger partial charge in [-0.3, -0.25) is 15.1 Å². The van der Waals surface area contributed by atoms with Crippen LogP contribution in [0.3, 0.4) is 0 Å². The predicted molar refractivity (Wildman–Crippen MR) is 78.3 cm³/mol. The van der Waals surface area contributed by atoms with Crippen LogP contribution in [0.4, 0.5) is 0 Å². The van der Waals surface area contributed by atoms with Crippen LogP contribution in [-0.2, 0) is 10.3 Å². The van der Waals surface area contributed by atoms with Crippen molar-refractivity contribution in [1.82, 2.24) is 10.6 Å². The Balaban J connectivity index is 1.87. The molecule has 0 aliphatic carbocycles. The van der Waals surface area contributed by atoms with Crippen LogP contribution in [0, 0.1) is 5.92 Å². The number of carbonyl (C=O) groups is 1. The minimum Gasteiger partial charge on any atom is -0.454 e. The number of hydrogen-bond acceptors (Lipinski definition) is 4. The fraction of sp³-hybridized carbons (Fsp3) is 0.467. The van der Waals surface area contributed by atoms with E-state index in [9.17, 15) is 4.79 Å². The van der Waals surface area contributed by atoms with Crippen molar-refractivity contribution in [2.24, 2.45) is 10.9 Å². The lowest BCUT2D eigenvalue weighted by molar-refractivity contribution is -0.123. The molecule has 2 heterocycles. The summed E-state index contributed by atoms with van der Waals surface area (Å²) >= 11 is 0. The fourth-order valence-corrected chi connectivity index (χ4v) is 2.32. The van der Waals surface area contributed by atoms with Crippen LogP contribution in [0.2, 0.25) is 0 Å². The second kappa shape index (κ2) is 4.95. The number of carbonyl (C=O) groups excluding carboxylic acids is 1. The lowest BCUT2D eigenvalue weighted by atomic mass is 9.92. The summed E-state index contributed by atoms with van der Waals surface area (Å²) in [5.74, 6) is 2.21. The summed E-state index contributed by atoms with van der Waals surface area (Å²) in [6.07, 6.45) is 0. The summed E-state index contributed by atoms with van der Waals surface area (Å²) in [6.45, 7) is 6.88. The van der Waals surface area contributed by atoms with Crippen LogP contribution < -0.4 is 20.1 Å². The Bertz CT molecular complexity index is 612.